The fourth-order valence-corrected chi connectivity index (χ4v) is 1.62. The summed E-state index contributed by atoms with van der Waals surface area (Å²) in [4.78, 5) is 16.5. The van der Waals surface area contributed by atoms with Gasteiger partial charge in [-0.25, -0.2) is 0 Å². The molecule has 0 aliphatic rings. The Morgan fingerprint density at radius 1 is 1.17 bits per heavy atom. The molecule has 1 heterocycles. The van der Waals surface area contributed by atoms with Gasteiger partial charge in [0.15, 0.2) is 11.6 Å². The minimum absolute atomic E-state index is 0.00504. The standard InChI is InChI=1S/C14H16N2O2/c1-9(2)13-15-14(18-16-13)10(3)12(17)11-7-5-4-6-8-11/h4-10H,1-3H3. The second-order valence-electron chi connectivity index (χ2n) is 4.60. The first-order valence-corrected chi connectivity index (χ1v) is 6.02. The molecule has 4 nitrogen and oxygen atoms in total. The Hall–Kier alpha value is -1.97. The Labute approximate surface area is 106 Å². The van der Waals surface area contributed by atoms with Crippen molar-refractivity contribution in [3.05, 3.63) is 47.6 Å². The zero-order valence-corrected chi connectivity index (χ0v) is 10.8. The van der Waals surface area contributed by atoms with Crippen LogP contribution < -0.4 is 0 Å². The van der Waals surface area contributed by atoms with E-state index in [0.29, 0.717) is 17.3 Å². The van der Waals surface area contributed by atoms with Gasteiger partial charge in [-0.1, -0.05) is 49.3 Å². The summed E-state index contributed by atoms with van der Waals surface area (Å²) in [6.07, 6.45) is 0. The number of rotatable bonds is 4. The lowest BCUT2D eigenvalue weighted by molar-refractivity contribution is 0.0951. The molecular weight excluding hydrogens is 228 g/mol. The molecule has 0 saturated carbocycles. The van der Waals surface area contributed by atoms with Crippen LogP contribution in [0.5, 0.6) is 0 Å². The second-order valence-corrected chi connectivity index (χ2v) is 4.60. The summed E-state index contributed by atoms with van der Waals surface area (Å²) in [6.45, 7) is 5.75. The molecule has 2 rings (SSSR count). The van der Waals surface area contributed by atoms with Gasteiger partial charge in [0.2, 0.25) is 5.89 Å². The van der Waals surface area contributed by atoms with Gasteiger partial charge in [0.1, 0.15) is 0 Å². The van der Waals surface area contributed by atoms with Crippen molar-refractivity contribution < 1.29 is 9.32 Å². The highest BCUT2D eigenvalue weighted by atomic mass is 16.5. The maximum atomic E-state index is 12.2. The van der Waals surface area contributed by atoms with Gasteiger partial charge in [0.25, 0.3) is 0 Å². The highest BCUT2D eigenvalue weighted by Crippen LogP contribution is 2.20. The van der Waals surface area contributed by atoms with E-state index in [-0.39, 0.29) is 11.7 Å². The first-order chi connectivity index (χ1) is 8.59. The van der Waals surface area contributed by atoms with Crippen LogP contribution in [-0.2, 0) is 0 Å². The van der Waals surface area contributed by atoms with Crippen LogP contribution in [0.2, 0.25) is 0 Å². The van der Waals surface area contributed by atoms with Crippen LogP contribution in [0.15, 0.2) is 34.9 Å². The summed E-state index contributed by atoms with van der Waals surface area (Å²) in [6, 6.07) is 9.14. The van der Waals surface area contributed by atoms with E-state index in [2.05, 4.69) is 10.1 Å². The van der Waals surface area contributed by atoms with Gasteiger partial charge in [-0.3, -0.25) is 4.79 Å². The summed E-state index contributed by atoms with van der Waals surface area (Å²) >= 11 is 0. The Kier molecular flexibility index (Phi) is 3.55. The molecule has 1 aromatic carbocycles. The third kappa shape index (κ3) is 2.47. The molecule has 0 aliphatic carbocycles. The number of carbonyl (C=O) groups excluding carboxylic acids is 1. The van der Waals surface area contributed by atoms with Crippen LogP contribution in [0.1, 0.15) is 54.7 Å². The molecule has 1 atom stereocenters. The Morgan fingerprint density at radius 2 is 1.83 bits per heavy atom. The average molecular weight is 244 g/mol. The molecule has 0 fully saturated rings. The monoisotopic (exact) mass is 244 g/mol. The predicted molar refractivity (Wildman–Crippen MR) is 67.6 cm³/mol. The molecule has 1 aromatic heterocycles. The molecule has 94 valence electrons. The molecule has 4 heteroatoms. The molecule has 0 N–H and O–H groups in total. The minimum Gasteiger partial charge on any atom is -0.339 e. The lowest BCUT2D eigenvalue weighted by atomic mass is 9.99. The predicted octanol–water partition coefficient (Wildman–Crippen LogP) is 3.18. The van der Waals surface area contributed by atoms with Gasteiger partial charge in [-0.2, -0.15) is 4.98 Å². The van der Waals surface area contributed by atoms with E-state index in [1.54, 1.807) is 19.1 Å². The summed E-state index contributed by atoms with van der Waals surface area (Å²) in [7, 11) is 0. The zero-order valence-electron chi connectivity index (χ0n) is 10.8. The fourth-order valence-electron chi connectivity index (χ4n) is 1.62. The summed E-state index contributed by atoms with van der Waals surface area (Å²) in [5, 5.41) is 3.87. The van der Waals surface area contributed by atoms with E-state index in [4.69, 9.17) is 4.52 Å². The van der Waals surface area contributed by atoms with Crippen LogP contribution in [0, 0.1) is 0 Å². The Bertz CT molecular complexity index is 532. The van der Waals surface area contributed by atoms with Crippen LogP contribution >= 0.6 is 0 Å². The second kappa shape index (κ2) is 5.12. The van der Waals surface area contributed by atoms with Crippen molar-refractivity contribution >= 4 is 5.78 Å². The van der Waals surface area contributed by atoms with Crippen LogP contribution in [0.4, 0.5) is 0 Å². The van der Waals surface area contributed by atoms with Crippen molar-refractivity contribution in [3.8, 4) is 0 Å². The van der Waals surface area contributed by atoms with E-state index in [1.165, 1.54) is 0 Å². The highest BCUT2D eigenvalue weighted by molar-refractivity contribution is 6.00. The van der Waals surface area contributed by atoms with Gasteiger partial charge in [0.05, 0.1) is 5.92 Å². The van der Waals surface area contributed by atoms with Crippen molar-refractivity contribution in [1.82, 2.24) is 10.1 Å². The number of aromatic nitrogens is 2. The van der Waals surface area contributed by atoms with Crippen LogP contribution in [0.25, 0.3) is 0 Å². The fraction of sp³-hybridized carbons (Fsp3) is 0.357. The molecule has 1 unspecified atom stereocenters. The maximum Gasteiger partial charge on any atom is 0.237 e. The lowest BCUT2D eigenvalue weighted by Gasteiger charge is -2.05. The number of benzene rings is 1. The third-order valence-electron chi connectivity index (χ3n) is 2.80. The maximum absolute atomic E-state index is 12.2. The van der Waals surface area contributed by atoms with Crippen molar-refractivity contribution in [1.29, 1.82) is 0 Å². The van der Waals surface area contributed by atoms with Crippen molar-refractivity contribution in [2.45, 2.75) is 32.6 Å². The molecule has 0 radical (unpaired) electrons. The Morgan fingerprint density at radius 3 is 2.39 bits per heavy atom. The average Bonchev–Trinajstić information content (AvgIpc) is 2.88. The summed E-state index contributed by atoms with van der Waals surface area (Å²) < 4.78 is 5.15. The van der Waals surface area contributed by atoms with Crippen molar-refractivity contribution in [2.24, 2.45) is 0 Å². The topological polar surface area (TPSA) is 56.0 Å². The normalized spacial score (nSPS) is 12.7. The number of hydrogen-bond donors (Lipinski definition) is 0. The van der Waals surface area contributed by atoms with E-state index in [1.807, 2.05) is 32.0 Å². The van der Waals surface area contributed by atoms with Gasteiger partial charge in [0, 0.05) is 11.5 Å². The summed E-state index contributed by atoms with van der Waals surface area (Å²) in [5.74, 6) is 0.800. The molecule has 0 aliphatic heterocycles. The molecule has 0 saturated heterocycles. The van der Waals surface area contributed by atoms with Crippen molar-refractivity contribution in [3.63, 3.8) is 0 Å². The number of nitrogens with zero attached hydrogens (tertiary/aromatic N) is 2. The first kappa shape index (κ1) is 12.5. The van der Waals surface area contributed by atoms with Gasteiger partial charge >= 0.3 is 0 Å². The lowest BCUT2D eigenvalue weighted by Crippen LogP contribution is -2.10. The van der Waals surface area contributed by atoms with E-state index in [9.17, 15) is 4.79 Å². The van der Waals surface area contributed by atoms with Gasteiger partial charge in [-0.15, -0.1) is 0 Å². The van der Waals surface area contributed by atoms with Crippen LogP contribution in [0.3, 0.4) is 0 Å². The molecule has 18 heavy (non-hydrogen) atoms. The molecule has 0 bridgehead atoms. The number of Topliss-reactive ketones (excluding diaryl/α,β-unsaturated/α-hetero) is 1. The number of hydrogen-bond acceptors (Lipinski definition) is 4. The van der Waals surface area contributed by atoms with Crippen LogP contribution in [-0.4, -0.2) is 15.9 Å². The third-order valence-corrected chi connectivity index (χ3v) is 2.80. The number of carbonyl (C=O) groups is 1. The molecule has 0 spiro atoms. The van der Waals surface area contributed by atoms with Gasteiger partial charge < -0.3 is 4.52 Å². The molecule has 0 amide bonds. The largest absolute Gasteiger partial charge is 0.339 e. The van der Waals surface area contributed by atoms with E-state index in [0.717, 1.165) is 0 Å². The number of ketones is 1. The quantitative estimate of drug-likeness (QED) is 0.775. The van der Waals surface area contributed by atoms with Gasteiger partial charge in [-0.05, 0) is 6.92 Å². The zero-order chi connectivity index (χ0) is 13.1. The van der Waals surface area contributed by atoms with Crippen molar-refractivity contribution in [2.75, 3.05) is 0 Å². The van der Waals surface area contributed by atoms with E-state index < -0.39 is 5.92 Å². The highest BCUT2D eigenvalue weighted by Gasteiger charge is 2.23. The van der Waals surface area contributed by atoms with E-state index >= 15 is 0 Å². The SMILES string of the molecule is CC(C)c1noc(C(C)C(=O)c2ccccc2)n1. The molecular formula is C14H16N2O2. The first-order valence-electron chi connectivity index (χ1n) is 6.02. The molecule has 2 aromatic rings. The summed E-state index contributed by atoms with van der Waals surface area (Å²) in [5.41, 5.74) is 0.661. The minimum atomic E-state index is -0.410. The smallest absolute Gasteiger partial charge is 0.237 e. The Balaban J connectivity index is 2.20.